The Bertz CT molecular complexity index is 486. The van der Waals surface area contributed by atoms with Gasteiger partial charge in [-0.25, -0.2) is 0 Å². The van der Waals surface area contributed by atoms with Crippen LogP contribution in [0.1, 0.15) is 12.5 Å². The van der Waals surface area contributed by atoms with E-state index in [1.54, 1.807) is 27.1 Å². The van der Waals surface area contributed by atoms with Crippen LogP contribution < -0.4 is 10.5 Å². The molecule has 0 aliphatic rings. The monoisotopic (exact) mass is 359 g/mol. The molecule has 0 aliphatic heterocycles. The Labute approximate surface area is 120 Å². The highest BCUT2D eigenvalue weighted by molar-refractivity contribution is 14.1. The molecule has 1 atom stereocenters. The number of hydrogen-bond acceptors (Lipinski definition) is 4. The first-order valence-electron chi connectivity index (χ1n) is 5.23. The Kier molecular flexibility index (Phi) is 4.78. The third kappa shape index (κ3) is 3.26. The molecular weight excluding hydrogens is 345 g/mol. The van der Waals surface area contributed by atoms with Crippen LogP contribution in [0.3, 0.4) is 0 Å². The maximum Gasteiger partial charge on any atom is 0.262 e. The average Bonchev–Trinajstić information content (AvgIpc) is 2.31. The number of benzene rings is 1. The molecule has 1 amide bonds. The lowest BCUT2D eigenvalue weighted by Gasteiger charge is -2.20. The van der Waals surface area contributed by atoms with Crippen LogP contribution >= 0.6 is 22.6 Å². The summed E-state index contributed by atoms with van der Waals surface area (Å²) in [5.74, 6) is 0.298. The predicted octanol–water partition coefficient (Wildman–Crippen LogP) is 1.60. The summed E-state index contributed by atoms with van der Waals surface area (Å²) >= 11 is 2.03. The molecule has 0 aromatic heterocycles. The van der Waals surface area contributed by atoms with E-state index in [0.717, 1.165) is 0 Å². The van der Waals surface area contributed by atoms with Crippen molar-refractivity contribution in [2.45, 2.75) is 13.0 Å². The molecule has 1 unspecified atom stereocenters. The number of nitrogen functional groups attached to an aromatic ring is 1. The molecule has 0 aliphatic carbocycles. The second-order valence-electron chi connectivity index (χ2n) is 3.98. The third-order valence-electron chi connectivity index (χ3n) is 2.28. The molecule has 1 rings (SSSR count). The number of carbonyl (C=O) groups is 1. The van der Waals surface area contributed by atoms with Crippen LogP contribution in [0.5, 0.6) is 5.75 Å². The van der Waals surface area contributed by atoms with Crippen LogP contribution in [-0.4, -0.2) is 31.0 Å². The molecule has 0 heterocycles. The van der Waals surface area contributed by atoms with Gasteiger partial charge in [-0.05, 0) is 41.6 Å². The zero-order valence-corrected chi connectivity index (χ0v) is 12.6. The number of anilines is 1. The number of nitrogens with zero attached hydrogens (tertiary/aromatic N) is 2. The lowest BCUT2D eigenvalue weighted by Crippen LogP contribution is -2.35. The number of amides is 1. The fraction of sp³-hybridized carbons (Fsp3) is 0.333. The Morgan fingerprint density at radius 1 is 1.56 bits per heavy atom. The zero-order valence-electron chi connectivity index (χ0n) is 10.4. The fourth-order valence-electron chi connectivity index (χ4n) is 1.39. The smallest absolute Gasteiger partial charge is 0.262 e. The van der Waals surface area contributed by atoms with Crippen LogP contribution in [-0.2, 0) is 4.79 Å². The van der Waals surface area contributed by atoms with Gasteiger partial charge in [0.25, 0.3) is 5.91 Å². The summed E-state index contributed by atoms with van der Waals surface area (Å²) in [6.45, 7) is 1.66. The van der Waals surface area contributed by atoms with E-state index in [1.165, 1.54) is 11.0 Å². The number of nitriles is 1. The van der Waals surface area contributed by atoms with Gasteiger partial charge in [-0.1, -0.05) is 0 Å². The first-order chi connectivity index (χ1) is 8.36. The summed E-state index contributed by atoms with van der Waals surface area (Å²) in [6.07, 6.45) is -0.622. The van der Waals surface area contributed by atoms with E-state index in [1.807, 2.05) is 28.7 Å². The van der Waals surface area contributed by atoms with Crippen molar-refractivity contribution in [1.82, 2.24) is 4.90 Å². The molecule has 1 aromatic rings. The van der Waals surface area contributed by atoms with Crippen LogP contribution in [0, 0.1) is 14.9 Å². The minimum atomic E-state index is -0.622. The van der Waals surface area contributed by atoms with Gasteiger partial charge in [-0.15, -0.1) is 0 Å². The Morgan fingerprint density at radius 2 is 2.17 bits per heavy atom. The largest absolute Gasteiger partial charge is 0.478 e. The van der Waals surface area contributed by atoms with Crippen LogP contribution in [0.2, 0.25) is 0 Å². The Balaban J connectivity index is 2.99. The van der Waals surface area contributed by atoms with Crippen LogP contribution in [0.25, 0.3) is 0 Å². The summed E-state index contributed by atoms with van der Waals surface area (Å²) in [4.78, 5) is 13.2. The highest BCUT2D eigenvalue weighted by Crippen LogP contribution is 2.30. The van der Waals surface area contributed by atoms with Crippen molar-refractivity contribution in [1.29, 1.82) is 5.26 Å². The Hall–Kier alpha value is -1.49. The molecule has 0 saturated carbocycles. The molecule has 1 aromatic carbocycles. The van der Waals surface area contributed by atoms with E-state index in [9.17, 15) is 4.79 Å². The molecule has 96 valence electrons. The van der Waals surface area contributed by atoms with Crippen LogP contribution in [0.15, 0.2) is 12.1 Å². The molecule has 18 heavy (non-hydrogen) atoms. The molecule has 2 N–H and O–H groups in total. The minimum absolute atomic E-state index is 0.144. The molecular formula is C12H14IN3O2. The number of rotatable bonds is 3. The molecule has 0 spiro atoms. The quantitative estimate of drug-likeness (QED) is 0.657. The van der Waals surface area contributed by atoms with Gasteiger partial charge in [0.05, 0.1) is 20.9 Å². The molecule has 0 saturated heterocycles. The molecule has 0 radical (unpaired) electrons. The predicted molar refractivity (Wildman–Crippen MR) is 77.1 cm³/mol. The van der Waals surface area contributed by atoms with Gasteiger partial charge in [0.15, 0.2) is 11.9 Å². The summed E-state index contributed by atoms with van der Waals surface area (Å²) < 4.78 is 6.28. The first-order valence-corrected chi connectivity index (χ1v) is 6.31. The van der Waals surface area contributed by atoms with Gasteiger partial charge in [0, 0.05) is 14.1 Å². The summed E-state index contributed by atoms with van der Waals surface area (Å²) in [5.41, 5.74) is 6.64. The second-order valence-corrected chi connectivity index (χ2v) is 5.14. The van der Waals surface area contributed by atoms with Gasteiger partial charge < -0.3 is 15.4 Å². The van der Waals surface area contributed by atoms with Crippen molar-refractivity contribution in [3.8, 4) is 11.8 Å². The van der Waals surface area contributed by atoms with Gasteiger partial charge in [-0.2, -0.15) is 5.26 Å². The maximum atomic E-state index is 11.7. The van der Waals surface area contributed by atoms with E-state index >= 15 is 0 Å². The van der Waals surface area contributed by atoms with Crippen molar-refractivity contribution >= 4 is 34.2 Å². The van der Waals surface area contributed by atoms with E-state index < -0.39 is 6.10 Å². The van der Waals surface area contributed by atoms with Crippen LogP contribution in [0.4, 0.5) is 5.69 Å². The van der Waals surface area contributed by atoms with E-state index in [2.05, 4.69) is 0 Å². The number of nitrogens with two attached hydrogens (primary N) is 1. The summed E-state index contributed by atoms with van der Waals surface area (Å²) in [7, 11) is 3.32. The molecule has 5 nitrogen and oxygen atoms in total. The lowest BCUT2D eigenvalue weighted by atomic mass is 10.2. The topological polar surface area (TPSA) is 79.3 Å². The summed E-state index contributed by atoms with van der Waals surface area (Å²) in [6, 6.07) is 5.21. The summed E-state index contributed by atoms with van der Waals surface area (Å²) in [5, 5.41) is 8.81. The maximum absolute atomic E-state index is 11.7. The van der Waals surface area contributed by atoms with Gasteiger partial charge in [-0.3, -0.25) is 4.79 Å². The SMILES string of the molecule is CC(Oc1c(N)cc(C#N)cc1I)C(=O)N(C)C. The van der Waals surface area contributed by atoms with Gasteiger partial charge in [0.2, 0.25) is 0 Å². The fourth-order valence-corrected chi connectivity index (χ4v) is 2.17. The van der Waals surface area contributed by atoms with Crippen molar-refractivity contribution in [3.63, 3.8) is 0 Å². The first kappa shape index (κ1) is 14.6. The average molecular weight is 359 g/mol. The number of likely N-dealkylation sites (N-methyl/N-ethyl adjacent to an activating group) is 1. The molecule has 0 bridgehead atoms. The zero-order chi connectivity index (χ0) is 13.9. The lowest BCUT2D eigenvalue weighted by molar-refractivity contribution is -0.135. The van der Waals surface area contributed by atoms with E-state index in [-0.39, 0.29) is 5.91 Å². The second kappa shape index (κ2) is 5.91. The van der Waals surface area contributed by atoms with E-state index in [4.69, 9.17) is 15.7 Å². The number of hydrogen-bond donors (Lipinski definition) is 1. The number of halogens is 1. The molecule has 6 heteroatoms. The highest BCUT2D eigenvalue weighted by atomic mass is 127. The standard InChI is InChI=1S/C12H14IN3O2/c1-7(12(17)16(2)3)18-11-9(13)4-8(6-14)5-10(11)15/h4-5,7H,15H2,1-3H3. The van der Waals surface area contributed by atoms with Crippen molar-refractivity contribution in [2.24, 2.45) is 0 Å². The van der Waals surface area contributed by atoms with Crippen molar-refractivity contribution in [2.75, 3.05) is 19.8 Å². The number of ether oxygens (including phenoxy) is 1. The van der Waals surface area contributed by atoms with Gasteiger partial charge in [0.1, 0.15) is 0 Å². The van der Waals surface area contributed by atoms with Gasteiger partial charge >= 0.3 is 0 Å². The van der Waals surface area contributed by atoms with Crippen molar-refractivity contribution in [3.05, 3.63) is 21.3 Å². The normalized spacial score (nSPS) is 11.5. The molecule has 0 fully saturated rings. The minimum Gasteiger partial charge on any atom is -0.478 e. The number of carbonyl (C=O) groups excluding carboxylic acids is 1. The Morgan fingerprint density at radius 3 is 2.61 bits per heavy atom. The van der Waals surface area contributed by atoms with Crippen molar-refractivity contribution < 1.29 is 9.53 Å². The van der Waals surface area contributed by atoms with E-state index in [0.29, 0.717) is 20.6 Å². The third-order valence-corrected chi connectivity index (χ3v) is 3.09. The highest BCUT2D eigenvalue weighted by Gasteiger charge is 2.19.